The summed E-state index contributed by atoms with van der Waals surface area (Å²) in [5.74, 6) is -3.94. The highest BCUT2D eigenvalue weighted by Gasteiger charge is 2.36. The summed E-state index contributed by atoms with van der Waals surface area (Å²) < 4.78 is 179. The maximum absolute atomic E-state index is 14.9. The van der Waals surface area contributed by atoms with E-state index in [4.69, 9.17) is 39.5 Å². The minimum atomic E-state index is -5.13. The number of aromatic carboxylic acids is 1. The zero-order chi connectivity index (χ0) is 86.8. The molecule has 0 atom stereocenters. The summed E-state index contributed by atoms with van der Waals surface area (Å²) in [7, 11) is -18.2. The summed E-state index contributed by atoms with van der Waals surface area (Å²) in [6.45, 7) is 1.69. The Labute approximate surface area is 683 Å². The maximum Gasteiger partial charge on any atom is 0.425 e. The van der Waals surface area contributed by atoms with Crippen LogP contribution >= 0.6 is 0 Å². The van der Waals surface area contributed by atoms with Crippen molar-refractivity contribution in [2.24, 2.45) is 14.1 Å². The van der Waals surface area contributed by atoms with Gasteiger partial charge in [-0.25, -0.2) is 4.79 Å². The predicted molar refractivity (Wildman–Crippen MR) is 428 cm³/mol. The van der Waals surface area contributed by atoms with Crippen LogP contribution in [-0.4, -0.2) is 151 Å². The van der Waals surface area contributed by atoms with Gasteiger partial charge in [0.1, 0.15) is 28.0 Å². The number of ether oxygens (including phenoxy) is 3. The van der Waals surface area contributed by atoms with Crippen LogP contribution < -0.4 is 51.9 Å². The van der Waals surface area contributed by atoms with Gasteiger partial charge in [0.15, 0.2) is 17.3 Å². The largest absolute Gasteiger partial charge is 0.478 e. The minimum Gasteiger partial charge on any atom is -0.478 e. The first kappa shape index (κ1) is 83.9. The third-order valence-electron chi connectivity index (χ3n) is 18.5. The van der Waals surface area contributed by atoms with Crippen molar-refractivity contribution < 1.29 is 107 Å². The zero-order valence-corrected chi connectivity index (χ0v) is 66.0. The molecule has 2 aliphatic carbocycles. The van der Waals surface area contributed by atoms with Gasteiger partial charge in [-0.3, -0.25) is 42.4 Å². The van der Waals surface area contributed by atoms with Gasteiger partial charge in [0.05, 0.1) is 60.1 Å². The molecule has 15 rings (SSSR count). The first-order valence-corrected chi connectivity index (χ1v) is 41.0. The standard InChI is InChI=1S/C77H55N13O20S3.2O3S/c1-38-60-48-17-4-6-19-50(48)68(93)62-52(23-25-55(64(60)62)89(2)70(38)95)80-42-21-27-57(112(102,103)104)41(31-42)34-59-83-73(86-76(84-59)110-46-15-10-13-44(36-46)108-37-91)78-29-30-79-74-85-75(88-77(87-74)109-45-14-8-12-40(32-45)72(97)98)81-43-22-28-58(113(105,106)107)54(35-43)82-53-24-26-56-65-61(49-18-5-7-20-51(49)69(94)63(53)65)66(71(96)90(56)3)67(92)39-11-9-16-47(33-39)111(99,100)101;2*1-4(2)3/h4-28,31-33,35-37,80,82H,29-30,34H2,1-3H3,(H,97,98)(H,99,100,101)(H,102,103,104)(H,105,106,107)(H,78,83,84,86)(H2,79,81,85,87,88);;. The monoisotopic (exact) mass is 1740 g/mol. The van der Waals surface area contributed by atoms with Gasteiger partial charge < -0.3 is 55.0 Å². The number of nitrogens with one attached hydrogen (secondary N) is 5. The summed E-state index contributed by atoms with van der Waals surface area (Å²) in [5, 5.41) is 25.6. The lowest BCUT2D eigenvalue weighted by Gasteiger charge is -2.26. The number of carboxylic acids is 1. The number of carbonyl (C=O) groups is 5. The number of hydrogen-bond donors (Lipinski definition) is 9. The number of aromatic nitrogens is 8. The van der Waals surface area contributed by atoms with Crippen LogP contribution in [-0.2, 0) is 76.9 Å². The third-order valence-corrected chi connectivity index (χ3v) is 21.2. The number of anilines is 8. The van der Waals surface area contributed by atoms with Crippen molar-refractivity contribution in [3.05, 3.63) is 259 Å². The highest BCUT2D eigenvalue weighted by atomic mass is 32.2. The lowest BCUT2D eigenvalue weighted by molar-refractivity contribution is -0.120. The quantitative estimate of drug-likeness (QED) is 0.0112. The Morgan fingerprint density at radius 2 is 0.967 bits per heavy atom. The van der Waals surface area contributed by atoms with E-state index in [2.05, 4.69) is 56.5 Å². The Balaban J connectivity index is 0.00000151. The van der Waals surface area contributed by atoms with E-state index >= 15 is 0 Å². The summed E-state index contributed by atoms with van der Waals surface area (Å²) >= 11 is 0. The average molecular weight is 1740 g/mol. The van der Waals surface area contributed by atoms with Crippen molar-refractivity contribution in [2.75, 3.05) is 39.7 Å². The molecule has 4 heterocycles. The van der Waals surface area contributed by atoms with Crippen LogP contribution in [0.25, 0.3) is 44.1 Å². The Hall–Kier alpha value is -15.1. The number of hydrogen-bond acceptors (Lipinski definition) is 33. The summed E-state index contributed by atoms with van der Waals surface area (Å²) in [6, 6.07) is 41.3. The average Bonchev–Trinajstić information content (AvgIpc) is 0.711. The van der Waals surface area contributed by atoms with Crippen molar-refractivity contribution >= 4 is 149 Å². The van der Waals surface area contributed by atoms with Crippen LogP contribution in [0.1, 0.15) is 75.1 Å². The Bertz CT molecular complexity index is 7350. The molecule has 0 aliphatic heterocycles. The number of carbonyl (C=O) groups excluding carboxylic acids is 4. The van der Waals surface area contributed by atoms with Crippen molar-refractivity contribution in [1.29, 1.82) is 0 Å². The molecular formula is C77H55N13O26S5. The molecular weight excluding hydrogens is 1680 g/mol. The van der Waals surface area contributed by atoms with E-state index in [1.807, 2.05) is 0 Å². The van der Waals surface area contributed by atoms with Crippen LogP contribution in [0.15, 0.2) is 206 Å². The molecule has 13 aromatic rings. The van der Waals surface area contributed by atoms with Gasteiger partial charge in [-0.05, 0) is 127 Å². The van der Waals surface area contributed by atoms with E-state index in [1.165, 1.54) is 127 Å². The number of carboxylic acid groups (broad SMARTS) is 1. The smallest absolute Gasteiger partial charge is 0.425 e. The molecule has 121 heavy (non-hydrogen) atoms. The van der Waals surface area contributed by atoms with Gasteiger partial charge in [-0.1, -0.05) is 72.8 Å². The van der Waals surface area contributed by atoms with Crippen LogP contribution in [0.2, 0.25) is 0 Å². The Kier molecular flexibility index (Phi) is 23.5. The van der Waals surface area contributed by atoms with Crippen LogP contribution in [0.5, 0.6) is 29.3 Å². The van der Waals surface area contributed by atoms with Crippen LogP contribution in [0.3, 0.4) is 0 Å². The SMILES string of the molecule is Cc1c2c3c(c(Nc4ccc(S(=O)(=O)O)c(Cc5nc(NCCNc6nc(Nc7ccc(S(=O)(=O)O)c(Nc8ccc9c%10c8C(=O)c8ccccc8-c%10c(C(=O)c8cccc(S(=O)(=O)O)c8)c(=O)n9C)c7)nc(Oc7cccc(C(=O)O)c7)n6)nc(Oc6cccc(OC=O)c6)n5)c4)ccc3n(C)c1=O)C(=O)c1ccccc1-2.O=S(=O)=O.O=S(=O)=O. The van der Waals surface area contributed by atoms with Gasteiger partial charge in [0.2, 0.25) is 17.8 Å². The molecule has 9 aromatic carbocycles. The molecule has 614 valence electrons. The molecule has 0 bridgehead atoms. The second-order valence-corrected chi connectivity index (χ2v) is 31.0. The van der Waals surface area contributed by atoms with Gasteiger partial charge in [0, 0.05) is 95.2 Å². The molecule has 9 N–H and O–H groups in total. The first-order chi connectivity index (χ1) is 57.4. The topological polar surface area (TPSA) is 580 Å². The Morgan fingerprint density at radius 3 is 1.55 bits per heavy atom. The summed E-state index contributed by atoms with van der Waals surface area (Å²) in [4.78, 5) is 121. The van der Waals surface area contributed by atoms with E-state index in [0.29, 0.717) is 38.8 Å². The molecule has 0 amide bonds. The highest BCUT2D eigenvalue weighted by Crippen LogP contribution is 2.47. The van der Waals surface area contributed by atoms with E-state index < -0.39 is 107 Å². The molecule has 0 spiro atoms. The lowest BCUT2D eigenvalue weighted by atomic mass is 9.80. The molecule has 0 unspecified atom stereocenters. The lowest BCUT2D eigenvalue weighted by Crippen LogP contribution is -2.29. The molecule has 0 fully saturated rings. The fraction of sp³-hybridized carbons (Fsp3) is 0.0779. The second-order valence-electron chi connectivity index (χ2n) is 26.0. The number of aryl methyl sites for hydroxylation is 2. The fourth-order valence-corrected chi connectivity index (χ4v) is 15.4. The van der Waals surface area contributed by atoms with E-state index in [1.54, 1.807) is 56.4 Å². The molecule has 2 aliphatic rings. The van der Waals surface area contributed by atoms with Gasteiger partial charge >= 0.3 is 39.2 Å². The van der Waals surface area contributed by atoms with E-state index in [9.17, 15) is 77.6 Å². The number of nitrogens with zero attached hydrogens (tertiary/aromatic N) is 8. The first-order valence-electron chi connectivity index (χ1n) is 34.7. The van der Waals surface area contributed by atoms with Crippen molar-refractivity contribution in [3.8, 4) is 51.5 Å². The number of rotatable bonds is 25. The zero-order valence-electron chi connectivity index (χ0n) is 61.9. The molecule has 44 heteroatoms. The number of pyridine rings is 2. The number of fused-ring (bicyclic) bond motifs is 4. The fourth-order valence-electron chi connectivity index (χ4n) is 13.6. The summed E-state index contributed by atoms with van der Waals surface area (Å²) in [5.41, 5.74) is 0.831. The molecule has 39 nitrogen and oxygen atoms in total. The highest BCUT2D eigenvalue weighted by molar-refractivity contribution is 7.86. The Morgan fingerprint density at radius 1 is 0.471 bits per heavy atom. The van der Waals surface area contributed by atoms with Gasteiger partial charge in [-0.15, -0.1) is 25.3 Å². The van der Waals surface area contributed by atoms with Crippen molar-refractivity contribution in [2.45, 2.75) is 28.0 Å². The van der Waals surface area contributed by atoms with Gasteiger partial charge in [0.25, 0.3) is 47.9 Å². The minimum absolute atomic E-state index is 0.00565. The number of ketones is 3. The van der Waals surface area contributed by atoms with E-state index in [-0.39, 0.29) is 156 Å². The molecule has 4 aromatic heterocycles. The van der Waals surface area contributed by atoms with E-state index in [0.717, 1.165) is 28.8 Å². The third kappa shape index (κ3) is 17.9. The van der Waals surface area contributed by atoms with Gasteiger partial charge in [-0.2, -0.15) is 55.2 Å². The van der Waals surface area contributed by atoms with Crippen LogP contribution in [0.4, 0.5) is 46.3 Å². The maximum atomic E-state index is 14.9. The normalized spacial score (nSPS) is 11.8. The van der Waals surface area contributed by atoms with Crippen LogP contribution in [0, 0.1) is 6.92 Å². The number of benzene rings is 9. The second kappa shape index (κ2) is 33.9. The summed E-state index contributed by atoms with van der Waals surface area (Å²) in [6.07, 6.45) is -0.432. The molecule has 0 saturated heterocycles. The molecule has 0 saturated carbocycles. The molecule has 0 radical (unpaired) electrons. The van der Waals surface area contributed by atoms with Crippen molar-refractivity contribution in [1.82, 2.24) is 39.0 Å². The van der Waals surface area contributed by atoms with Crippen molar-refractivity contribution in [3.63, 3.8) is 0 Å². The predicted octanol–water partition coefficient (Wildman–Crippen LogP) is 8.62.